The van der Waals surface area contributed by atoms with E-state index in [1.165, 1.54) is 12.1 Å². The first-order chi connectivity index (χ1) is 16.4. The third-order valence-electron chi connectivity index (χ3n) is 4.68. The Balaban J connectivity index is 1.62. The standard InChI is InChI=1S/C21H17Cl3F3N5O2S/c1-10(28-19(34)13-5-4-12(22)8-15(13)24)18-30-31-20(32(18)2)35-9-17(33)29-16-7-11(21(25,26)27)3-6-14(16)23/h3-8,10H,9H2,1-2H3,(H,28,34)(H,29,33)/t10-/m1/s1. The molecule has 186 valence electrons. The lowest BCUT2D eigenvalue weighted by Gasteiger charge is -2.14. The average molecular weight is 567 g/mol. The Kier molecular flexibility index (Phi) is 8.58. The highest BCUT2D eigenvalue weighted by Crippen LogP contribution is 2.34. The molecule has 0 unspecified atom stereocenters. The molecule has 35 heavy (non-hydrogen) atoms. The van der Waals surface area contributed by atoms with E-state index in [9.17, 15) is 22.8 Å². The number of halogens is 6. The van der Waals surface area contributed by atoms with E-state index in [1.807, 2.05) is 0 Å². The van der Waals surface area contributed by atoms with Gasteiger partial charge in [-0.15, -0.1) is 10.2 Å². The van der Waals surface area contributed by atoms with E-state index < -0.39 is 29.6 Å². The molecule has 2 aromatic carbocycles. The molecule has 3 aromatic rings. The van der Waals surface area contributed by atoms with Crippen LogP contribution in [0, 0.1) is 0 Å². The van der Waals surface area contributed by atoms with Gasteiger partial charge in [0.25, 0.3) is 5.91 Å². The van der Waals surface area contributed by atoms with Gasteiger partial charge in [0.15, 0.2) is 11.0 Å². The summed E-state index contributed by atoms with van der Waals surface area (Å²) in [7, 11) is 1.65. The van der Waals surface area contributed by atoms with Gasteiger partial charge in [-0.3, -0.25) is 9.59 Å². The summed E-state index contributed by atoms with van der Waals surface area (Å²) in [6.07, 6.45) is -4.57. The molecule has 0 aliphatic carbocycles. The number of thioether (sulfide) groups is 1. The zero-order valence-electron chi connectivity index (χ0n) is 18.1. The molecule has 0 aliphatic heterocycles. The first-order valence-corrected chi connectivity index (χ1v) is 11.9. The highest BCUT2D eigenvalue weighted by molar-refractivity contribution is 7.99. The Morgan fingerprint density at radius 1 is 1.09 bits per heavy atom. The fourth-order valence-corrected chi connectivity index (χ4v) is 4.33. The number of benzene rings is 2. The molecule has 0 radical (unpaired) electrons. The molecule has 0 aliphatic rings. The van der Waals surface area contributed by atoms with Crippen molar-refractivity contribution >= 4 is 64.1 Å². The van der Waals surface area contributed by atoms with Crippen LogP contribution in [0.1, 0.15) is 34.7 Å². The number of alkyl halides is 3. The summed E-state index contributed by atoms with van der Waals surface area (Å²) >= 11 is 18.9. The van der Waals surface area contributed by atoms with Gasteiger partial charge in [0, 0.05) is 12.1 Å². The molecule has 0 saturated heterocycles. The lowest BCUT2D eigenvalue weighted by molar-refractivity contribution is -0.137. The van der Waals surface area contributed by atoms with E-state index in [0.29, 0.717) is 16.0 Å². The van der Waals surface area contributed by atoms with E-state index in [1.54, 1.807) is 24.6 Å². The van der Waals surface area contributed by atoms with Crippen molar-refractivity contribution in [2.75, 3.05) is 11.1 Å². The third kappa shape index (κ3) is 6.81. The van der Waals surface area contributed by atoms with Gasteiger partial charge in [-0.05, 0) is 43.3 Å². The number of carbonyl (C=O) groups is 2. The minimum Gasteiger partial charge on any atom is -0.342 e. The van der Waals surface area contributed by atoms with Crippen LogP contribution in [0.15, 0.2) is 41.6 Å². The minimum absolute atomic E-state index is 0.0253. The smallest absolute Gasteiger partial charge is 0.342 e. The van der Waals surface area contributed by atoms with Crippen molar-refractivity contribution in [3.05, 3.63) is 68.4 Å². The van der Waals surface area contributed by atoms with E-state index in [0.717, 1.165) is 30.0 Å². The molecule has 0 saturated carbocycles. The quantitative estimate of drug-likeness (QED) is 0.342. The molecular weight excluding hydrogens is 550 g/mol. The molecule has 1 atom stereocenters. The number of carbonyl (C=O) groups excluding carboxylic acids is 2. The lowest BCUT2D eigenvalue weighted by atomic mass is 10.2. The van der Waals surface area contributed by atoms with Crippen LogP contribution in [-0.2, 0) is 18.0 Å². The molecule has 2 N–H and O–H groups in total. The Hall–Kier alpha value is -2.47. The van der Waals surface area contributed by atoms with Crippen molar-refractivity contribution in [2.24, 2.45) is 7.05 Å². The molecule has 0 fully saturated rings. The van der Waals surface area contributed by atoms with Gasteiger partial charge in [-0.1, -0.05) is 46.6 Å². The van der Waals surface area contributed by atoms with Crippen molar-refractivity contribution < 1.29 is 22.8 Å². The molecule has 7 nitrogen and oxygen atoms in total. The monoisotopic (exact) mass is 565 g/mol. The Morgan fingerprint density at radius 2 is 1.80 bits per heavy atom. The number of amides is 2. The second-order valence-corrected chi connectivity index (χ2v) is 9.44. The first kappa shape index (κ1) is 27.1. The van der Waals surface area contributed by atoms with E-state index >= 15 is 0 Å². The van der Waals surface area contributed by atoms with Crippen LogP contribution < -0.4 is 10.6 Å². The van der Waals surface area contributed by atoms with Gasteiger partial charge in [0.1, 0.15) is 0 Å². The van der Waals surface area contributed by atoms with Crippen LogP contribution in [0.2, 0.25) is 15.1 Å². The second kappa shape index (κ2) is 11.1. The summed E-state index contributed by atoms with van der Waals surface area (Å²) < 4.78 is 40.3. The van der Waals surface area contributed by atoms with Crippen molar-refractivity contribution in [3.63, 3.8) is 0 Å². The van der Waals surface area contributed by atoms with Gasteiger partial charge >= 0.3 is 6.18 Å². The van der Waals surface area contributed by atoms with E-state index in [4.69, 9.17) is 34.8 Å². The zero-order valence-corrected chi connectivity index (χ0v) is 21.2. The van der Waals surface area contributed by atoms with Crippen LogP contribution in [0.3, 0.4) is 0 Å². The van der Waals surface area contributed by atoms with Crippen LogP contribution >= 0.6 is 46.6 Å². The Labute approximate surface area is 217 Å². The lowest BCUT2D eigenvalue weighted by Crippen LogP contribution is -2.28. The van der Waals surface area contributed by atoms with Crippen molar-refractivity contribution in [3.8, 4) is 0 Å². The Morgan fingerprint density at radius 3 is 2.46 bits per heavy atom. The first-order valence-electron chi connectivity index (χ1n) is 9.81. The SMILES string of the molecule is C[C@@H](NC(=O)c1ccc(Cl)cc1Cl)c1nnc(SCC(=O)Nc2cc(C(F)(F)F)ccc2Cl)n1C. The van der Waals surface area contributed by atoms with Gasteiger partial charge in [0.2, 0.25) is 5.91 Å². The predicted octanol–water partition coefficient (Wildman–Crippen LogP) is 6.02. The molecule has 2 amide bonds. The largest absolute Gasteiger partial charge is 0.416 e. The van der Waals surface area contributed by atoms with Gasteiger partial charge in [-0.25, -0.2) is 0 Å². The van der Waals surface area contributed by atoms with Crippen LogP contribution in [0.25, 0.3) is 0 Å². The minimum atomic E-state index is -4.57. The van der Waals surface area contributed by atoms with Gasteiger partial charge in [0.05, 0.1) is 38.7 Å². The van der Waals surface area contributed by atoms with Crippen molar-refractivity contribution in [2.45, 2.75) is 24.3 Å². The molecule has 1 aromatic heterocycles. The number of aromatic nitrogens is 3. The fraction of sp³-hybridized carbons (Fsp3) is 0.238. The van der Waals surface area contributed by atoms with Crippen molar-refractivity contribution in [1.82, 2.24) is 20.1 Å². The highest BCUT2D eigenvalue weighted by atomic mass is 35.5. The molecule has 0 bridgehead atoms. The zero-order chi connectivity index (χ0) is 25.9. The number of hydrogen-bond donors (Lipinski definition) is 2. The summed E-state index contributed by atoms with van der Waals surface area (Å²) in [6, 6.07) is 6.60. The number of hydrogen-bond acceptors (Lipinski definition) is 5. The number of anilines is 1. The van der Waals surface area contributed by atoms with Crippen molar-refractivity contribution in [1.29, 1.82) is 0 Å². The summed E-state index contributed by atoms with van der Waals surface area (Å²) in [5.41, 5.74) is -0.841. The molecule has 1 heterocycles. The van der Waals surface area contributed by atoms with E-state index in [2.05, 4.69) is 20.8 Å². The molecule has 3 rings (SSSR count). The van der Waals surface area contributed by atoms with Crippen LogP contribution in [0.5, 0.6) is 0 Å². The Bertz CT molecular complexity index is 1270. The van der Waals surface area contributed by atoms with Gasteiger partial charge in [-0.2, -0.15) is 13.2 Å². The van der Waals surface area contributed by atoms with E-state index in [-0.39, 0.29) is 27.0 Å². The maximum absolute atomic E-state index is 12.9. The summed E-state index contributed by atoms with van der Waals surface area (Å²) in [6.45, 7) is 1.70. The van der Waals surface area contributed by atoms with Gasteiger partial charge < -0.3 is 15.2 Å². The summed E-state index contributed by atoms with van der Waals surface area (Å²) in [4.78, 5) is 24.8. The number of nitrogens with zero attached hydrogens (tertiary/aromatic N) is 3. The summed E-state index contributed by atoms with van der Waals surface area (Å²) in [5.74, 6) is -0.778. The van der Waals surface area contributed by atoms with Crippen LogP contribution in [0.4, 0.5) is 18.9 Å². The topological polar surface area (TPSA) is 88.9 Å². The predicted molar refractivity (Wildman–Crippen MR) is 129 cm³/mol. The third-order valence-corrected chi connectivity index (χ3v) is 6.58. The highest BCUT2D eigenvalue weighted by Gasteiger charge is 2.31. The maximum Gasteiger partial charge on any atom is 0.416 e. The molecule has 0 spiro atoms. The molecule has 14 heteroatoms. The average Bonchev–Trinajstić information content (AvgIpc) is 3.13. The molecular formula is C21H17Cl3F3N5O2S. The number of nitrogens with one attached hydrogen (secondary N) is 2. The normalized spacial score (nSPS) is 12.3. The number of rotatable bonds is 7. The second-order valence-electron chi connectivity index (χ2n) is 7.25. The fourth-order valence-electron chi connectivity index (χ4n) is 2.96. The maximum atomic E-state index is 12.9. The van der Waals surface area contributed by atoms with Crippen LogP contribution in [-0.4, -0.2) is 32.3 Å². The summed E-state index contributed by atoms with van der Waals surface area (Å²) in [5, 5.41) is 14.1.